The van der Waals surface area contributed by atoms with E-state index in [0.717, 1.165) is 0 Å². The van der Waals surface area contributed by atoms with Gasteiger partial charge in [-0.15, -0.1) is 0 Å². The van der Waals surface area contributed by atoms with Crippen LogP contribution in [0.15, 0.2) is 0 Å². The van der Waals surface area contributed by atoms with Crippen molar-refractivity contribution in [3.63, 3.8) is 0 Å². The molecule has 0 bridgehead atoms. The largest absolute Gasteiger partial charge is 2.00 e. The van der Waals surface area contributed by atoms with Crippen molar-refractivity contribution in [2.75, 3.05) is 0 Å². The van der Waals surface area contributed by atoms with Gasteiger partial charge in [-0.05, 0) is 0 Å². The summed E-state index contributed by atoms with van der Waals surface area (Å²) in [5.41, 5.74) is 0. The summed E-state index contributed by atoms with van der Waals surface area (Å²) in [5, 5.41) is 0. The van der Waals surface area contributed by atoms with E-state index in [0.29, 0.717) is 0 Å². The molecule has 1 radical (unpaired) electrons. The third-order valence-corrected chi connectivity index (χ3v) is 0. The first-order chi connectivity index (χ1) is 4.00. The quantitative estimate of drug-likeness (QED) is 0.254. The van der Waals surface area contributed by atoms with Gasteiger partial charge >= 0.3 is 44.4 Å². The summed E-state index contributed by atoms with van der Waals surface area (Å²) >= 11 is 0. The van der Waals surface area contributed by atoms with Crippen molar-refractivity contribution in [3.05, 3.63) is 0 Å². The molecule has 0 aliphatic carbocycles. The van der Waals surface area contributed by atoms with Crippen LogP contribution in [0.5, 0.6) is 0 Å². The van der Waals surface area contributed by atoms with Gasteiger partial charge in [0.05, 0.1) is 0 Å². The van der Waals surface area contributed by atoms with Crippen LogP contribution in [0.1, 0.15) is 0 Å². The van der Waals surface area contributed by atoms with Crippen LogP contribution in [-0.4, -0.2) is 35.0 Å². The Labute approximate surface area is 99.5 Å². The van der Waals surface area contributed by atoms with Gasteiger partial charge in [-0.3, -0.25) is 16.8 Å². The molecule has 0 atom stereocenters. The summed E-state index contributed by atoms with van der Waals surface area (Å²) in [6.07, 6.45) is 0. The molecule has 0 heterocycles. The smallest absolute Gasteiger partial charge is 0.759 e. The van der Waals surface area contributed by atoms with Crippen LogP contribution in [0.4, 0.5) is 0 Å². The summed E-state index contributed by atoms with van der Waals surface area (Å²) in [7, 11) is -10.3. The van der Waals surface area contributed by atoms with E-state index in [4.69, 9.17) is 35.0 Å². The van der Waals surface area contributed by atoms with Gasteiger partial charge in [0, 0.05) is 20.8 Å². The van der Waals surface area contributed by atoms with E-state index in [1.807, 2.05) is 0 Å². The average molecular weight is 368 g/mol. The fourth-order valence-electron chi connectivity index (χ4n) is 0. The average Bonchev–Trinajstić information content (AvgIpc) is 1.12. The maximum Gasteiger partial charge on any atom is 2.00 e. The van der Waals surface area contributed by atoms with Crippen molar-refractivity contribution < 1.29 is 79.4 Å². The molecule has 0 spiro atoms. The normalized spacial score (nSPS) is 9.67. The van der Waals surface area contributed by atoms with Gasteiger partial charge in [0.1, 0.15) is 0 Å². The van der Waals surface area contributed by atoms with Crippen LogP contribution >= 0.6 is 0 Å². The van der Waals surface area contributed by atoms with Crippen molar-refractivity contribution in [2.24, 2.45) is 0 Å². The second-order valence-corrected chi connectivity index (χ2v) is 2.45. The van der Waals surface area contributed by atoms with E-state index in [1.165, 1.54) is 0 Å². The topological polar surface area (TPSA) is 161 Å². The maximum absolute atomic E-state index is 8.52. The molecular weight excluding hydrogens is 368 g/mol. The zero-order valence-corrected chi connectivity index (χ0v) is 11.7. The number of hydrogen-bond donors (Lipinski definition) is 0. The molecule has 12 heteroatoms. The van der Waals surface area contributed by atoms with Gasteiger partial charge in [-0.25, -0.2) is 0 Å². The molecule has 73 valence electrons. The molecule has 12 heavy (non-hydrogen) atoms. The van der Waals surface area contributed by atoms with Gasteiger partial charge in [-0.1, -0.05) is 0 Å². The van der Waals surface area contributed by atoms with Crippen LogP contribution in [0.3, 0.4) is 0 Å². The van der Waals surface area contributed by atoms with Gasteiger partial charge in [0.15, 0.2) is 0 Å². The first-order valence-corrected chi connectivity index (χ1v) is 4.00. The minimum absolute atomic E-state index is 0. The van der Waals surface area contributed by atoms with E-state index in [9.17, 15) is 0 Å². The second-order valence-electron chi connectivity index (χ2n) is 0.816. The monoisotopic (exact) mass is 369 g/mol. The summed E-state index contributed by atoms with van der Waals surface area (Å²) in [4.78, 5) is 0. The molecule has 0 rings (SSSR count). The van der Waals surface area contributed by atoms with Crippen molar-refractivity contribution in [2.45, 2.75) is 0 Å². The van der Waals surface area contributed by atoms with Gasteiger partial charge in [-0.2, -0.15) is 0 Å². The molecule has 0 saturated carbocycles. The Balaban J connectivity index is -0.0000000457. The number of hydrogen-bond acceptors (Lipinski definition) is 8. The molecule has 0 aliphatic heterocycles. The molecule has 0 aromatic heterocycles. The van der Waals surface area contributed by atoms with E-state index < -0.39 is 20.8 Å². The second kappa shape index (κ2) is 8.77. The van der Waals surface area contributed by atoms with Gasteiger partial charge in [0.25, 0.3) is 0 Å². The standard InChI is InChI=1S/Cd.Cu.2H2O4S/c;;2*1-5(2,3)4/h;;2*(H2,1,2,3,4)/q2*+2;;/p-4. The summed E-state index contributed by atoms with van der Waals surface area (Å²) in [6, 6.07) is 0. The minimum Gasteiger partial charge on any atom is -0.759 e. The third-order valence-electron chi connectivity index (χ3n) is 0. The molecule has 0 amide bonds. The Morgan fingerprint density at radius 3 is 0.667 bits per heavy atom. The van der Waals surface area contributed by atoms with Crippen molar-refractivity contribution >= 4 is 20.8 Å². The SMILES string of the molecule is O=S(=O)([O-])[O-].O=S(=O)([O-])[O-].[Cd+2].[Cu+2]. The summed E-state index contributed by atoms with van der Waals surface area (Å²) in [6.45, 7) is 0. The van der Waals surface area contributed by atoms with E-state index >= 15 is 0 Å². The zero-order valence-electron chi connectivity index (χ0n) is 5.09. The van der Waals surface area contributed by atoms with Crippen LogP contribution in [0.2, 0.25) is 0 Å². The Kier molecular flexibility index (Phi) is 16.9. The molecule has 0 N–H and O–H groups in total. The van der Waals surface area contributed by atoms with Crippen LogP contribution in [0, 0.1) is 0 Å². The molecule has 8 nitrogen and oxygen atoms in total. The first-order valence-electron chi connectivity index (χ1n) is 1.33. The Hall–Kier alpha value is 1.18. The van der Waals surface area contributed by atoms with Crippen LogP contribution in [0.25, 0.3) is 0 Å². The Morgan fingerprint density at radius 2 is 0.667 bits per heavy atom. The van der Waals surface area contributed by atoms with E-state index in [1.54, 1.807) is 0 Å². The maximum atomic E-state index is 8.52. The Morgan fingerprint density at radius 1 is 0.667 bits per heavy atom. The predicted octanol–water partition coefficient (Wildman–Crippen LogP) is -2.68. The molecule has 0 unspecified atom stereocenters. The minimum atomic E-state index is -5.17. The van der Waals surface area contributed by atoms with Crippen molar-refractivity contribution in [1.82, 2.24) is 0 Å². The van der Waals surface area contributed by atoms with Crippen molar-refractivity contribution in [1.29, 1.82) is 0 Å². The fraction of sp³-hybridized carbons (Fsp3) is 0. The molecule has 0 aromatic carbocycles. The van der Waals surface area contributed by atoms with E-state index in [2.05, 4.69) is 0 Å². The van der Waals surface area contributed by atoms with Gasteiger partial charge < -0.3 is 18.2 Å². The molecular formula is CdCuO8S2. The third kappa shape index (κ3) is 830. The van der Waals surface area contributed by atoms with Crippen LogP contribution < -0.4 is 0 Å². The van der Waals surface area contributed by atoms with Gasteiger partial charge in [0.2, 0.25) is 0 Å². The first kappa shape index (κ1) is 23.2. The fourth-order valence-corrected chi connectivity index (χ4v) is 0. The van der Waals surface area contributed by atoms with Crippen LogP contribution in [-0.2, 0) is 65.2 Å². The van der Waals surface area contributed by atoms with E-state index in [-0.39, 0.29) is 44.4 Å². The molecule has 0 fully saturated rings. The zero-order chi connectivity index (χ0) is 9.00. The molecule has 0 aliphatic rings. The predicted molar refractivity (Wildman–Crippen MR) is 20.9 cm³/mol. The summed E-state index contributed by atoms with van der Waals surface area (Å²) in [5.74, 6) is 0. The summed E-state index contributed by atoms with van der Waals surface area (Å²) < 4.78 is 68.2. The molecule has 0 saturated heterocycles. The number of rotatable bonds is 0. The van der Waals surface area contributed by atoms with Crippen molar-refractivity contribution in [3.8, 4) is 0 Å². The Bertz CT molecular complexity index is 213. The molecule has 0 aromatic rings.